The molecule has 0 radical (unpaired) electrons. The minimum atomic E-state index is -0.408. The summed E-state index contributed by atoms with van der Waals surface area (Å²) < 4.78 is 5.25. The number of carbonyl (C=O) groups excluding carboxylic acids is 2. The minimum absolute atomic E-state index is 0.0525. The van der Waals surface area contributed by atoms with Gasteiger partial charge in [-0.2, -0.15) is 0 Å². The van der Waals surface area contributed by atoms with Gasteiger partial charge in [0.2, 0.25) is 17.7 Å². The molecule has 8 heteroatoms. The predicted molar refractivity (Wildman–Crippen MR) is 134 cm³/mol. The topological polar surface area (TPSA) is 78.0 Å². The number of piperidine rings is 1. The fraction of sp³-hybridized carbons (Fsp3) is 0.741. The number of methoxy groups -OCH3 is 1. The van der Waals surface area contributed by atoms with Crippen molar-refractivity contribution >= 4 is 11.8 Å². The molecular formula is C27H41N5O3. The van der Waals surface area contributed by atoms with Gasteiger partial charge in [-0.15, -0.1) is 0 Å². The second kappa shape index (κ2) is 10.4. The molecule has 0 aromatic carbocycles. The second-order valence-corrected chi connectivity index (χ2v) is 11.3. The van der Waals surface area contributed by atoms with Crippen LogP contribution in [0.1, 0.15) is 63.4 Å². The van der Waals surface area contributed by atoms with Gasteiger partial charge in [0, 0.05) is 51.0 Å². The smallest absolute Gasteiger partial charge is 0.243 e. The minimum Gasteiger partial charge on any atom is -0.481 e. The van der Waals surface area contributed by atoms with Crippen LogP contribution in [0.5, 0.6) is 5.88 Å². The van der Waals surface area contributed by atoms with Crippen molar-refractivity contribution in [3.8, 4) is 5.88 Å². The molecule has 2 atom stereocenters. The summed E-state index contributed by atoms with van der Waals surface area (Å²) in [6.07, 6.45) is 11.2. The number of carbonyl (C=O) groups is 2. The van der Waals surface area contributed by atoms with Crippen LogP contribution in [0, 0.1) is 5.92 Å². The molecular weight excluding hydrogens is 442 g/mol. The van der Waals surface area contributed by atoms with Crippen LogP contribution >= 0.6 is 0 Å². The molecule has 1 saturated carbocycles. The number of hydrogen-bond donors (Lipinski definition) is 1. The number of amides is 2. The maximum absolute atomic E-state index is 13.4. The van der Waals surface area contributed by atoms with Gasteiger partial charge in [-0.3, -0.25) is 14.5 Å². The Balaban J connectivity index is 1.17. The van der Waals surface area contributed by atoms with Crippen LogP contribution in [-0.4, -0.2) is 89.5 Å². The molecule has 4 aliphatic rings. The van der Waals surface area contributed by atoms with Crippen molar-refractivity contribution in [1.82, 2.24) is 25.0 Å². The molecule has 4 fully saturated rings. The Morgan fingerprint density at radius 3 is 2.71 bits per heavy atom. The van der Waals surface area contributed by atoms with E-state index < -0.39 is 5.54 Å². The van der Waals surface area contributed by atoms with Crippen molar-refractivity contribution in [2.75, 3.05) is 40.3 Å². The molecule has 1 spiro atoms. The van der Waals surface area contributed by atoms with Crippen LogP contribution in [0.3, 0.4) is 0 Å². The van der Waals surface area contributed by atoms with Crippen molar-refractivity contribution in [3.63, 3.8) is 0 Å². The van der Waals surface area contributed by atoms with E-state index in [1.54, 1.807) is 13.3 Å². The van der Waals surface area contributed by atoms with E-state index in [1.165, 1.54) is 32.1 Å². The fourth-order valence-corrected chi connectivity index (χ4v) is 6.72. The molecule has 5 rings (SSSR count). The molecule has 0 unspecified atom stereocenters. The predicted octanol–water partition coefficient (Wildman–Crippen LogP) is 2.43. The van der Waals surface area contributed by atoms with Crippen molar-refractivity contribution in [2.45, 2.75) is 82.0 Å². The Morgan fingerprint density at radius 1 is 1.20 bits per heavy atom. The van der Waals surface area contributed by atoms with E-state index >= 15 is 0 Å². The van der Waals surface area contributed by atoms with Crippen molar-refractivity contribution in [3.05, 3.63) is 23.9 Å². The number of nitrogens with zero attached hydrogens (tertiary/aromatic N) is 4. The van der Waals surface area contributed by atoms with Crippen molar-refractivity contribution in [1.29, 1.82) is 0 Å². The molecule has 1 aromatic heterocycles. The summed E-state index contributed by atoms with van der Waals surface area (Å²) in [6, 6.07) is 3.95. The van der Waals surface area contributed by atoms with Gasteiger partial charge < -0.3 is 19.9 Å². The maximum Gasteiger partial charge on any atom is 0.243 e. The third-order valence-corrected chi connectivity index (χ3v) is 8.90. The third kappa shape index (κ3) is 5.48. The van der Waals surface area contributed by atoms with Gasteiger partial charge in [0.25, 0.3) is 0 Å². The molecule has 1 aromatic rings. The molecule has 35 heavy (non-hydrogen) atoms. The normalized spacial score (nSPS) is 27.7. The average molecular weight is 484 g/mol. The lowest BCUT2D eigenvalue weighted by atomic mass is 9.84. The Labute approximate surface area is 209 Å². The van der Waals surface area contributed by atoms with Crippen LogP contribution in [0.4, 0.5) is 0 Å². The number of nitrogens with one attached hydrogen (secondary N) is 1. The lowest BCUT2D eigenvalue weighted by molar-refractivity contribution is -0.135. The SMILES string of the molecule is COc1cc(CN2CCC3(CC2)CC(=O)N2C[C@@H](N(C)CC4CCCCC4)C[C@H]2C(=O)N3)ccn1. The molecule has 2 amide bonds. The number of rotatable bonds is 6. The Bertz CT molecular complexity index is 882. The molecule has 3 aliphatic heterocycles. The number of ether oxygens (including phenoxy) is 1. The molecule has 8 nitrogen and oxygen atoms in total. The Morgan fingerprint density at radius 2 is 1.97 bits per heavy atom. The maximum atomic E-state index is 13.4. The summed E-state index contributed by atoms with van der Waals surface area (Å²) in [5, 5.41) is 3.36. The van der Waals surface area contributed by atoms with Crippen LogP contribution in [0.15, 0.2) is 18.3 Å². The van der Waals surface area contributed by atoms with Gasteiger partial charge >= 0.3 is 0 Å². The summed E-state index contributed by atoms with van der Waals surface area (Å²) in [4.78, 5) is 37.6. The number of likely N-dealkylation sites (tertiary alicyclic amines) is 1. The van der Waals surface area contributed by atoms with E-state index in [0.717, 1.165) is 56.9 Å². The number of fused-ring (bicyclic) bond motifs is 1. The fourth-order valence-electron chi connectivity index (χ4n) is 6.72. The standard InChI is InChI=1S/C27H41N5O3/c1-30(17-20-6-4-3-5-7-20)22-15-23-26(34)29-27(16-25(33)32(23)19-22)9-12-31(13-10-27)18-21-8-11-28-24(14-21)35-2/h8,11,14,20,22-23H,3-7,9-10,12-13,15-19H2,1-2H3,(H,29,34)/t22-,23-/m0/s1. The van der Waals surface area contributed by atoms with E-state index in [1.807, 2.05) is 17.0 Å². The molecule has 3 saturated heterocycles. The molecule has 1 N–H and O–H groups in total. The lowest BCUT2D eigenvalue weighted by Gasteiger charge is -2.41. The van der Waals surface area contributed by atoms with E-state index in [4.69, 9.17) is 4.74 Å². The molecule has 4 heterocycles. The quantitative estimate of drug-likeness (QED) is 0.670. The molecule has 0 bridgehead atoms. The molecule has 192 valence electrons. The zero-order valence-corrected chi connectivity index (χ0v) is 21.4. The number of hydrogen-bond acceptors (Lipinski definition) is 6. The zero-order valence-electron chi connectivity index (χ0n) is 21.4. The van der Waals surface area contributed by atoms with Gasteiger partial charge in [0.1, 0.15) is 6.04 Å². The Hall–Kier alpha value is -2.19. The first kappa shape index (κ1) is 24.5. The van der Waals surface area contributed by atoms with Gasteiger partial charge in [-0.25, -0.2) is 4.98 Å². The zero-order chi connectivity index (χ0) is 24.4. The first-order chi connectivity index (χ1) is 16.9. The summed E-state index contributed by atoms with van der Waals surface area (Å²) in [5.74, 6) is 1.59. The summed E-state index contributed by atoms with van der Waals surface area (Å²) in [6.45, 7) is 4.31. The monoisotopic (exact) mass is 483 g/mol. The van der Waals surface area contributed by atoms with Crippen molar-refractivity contribution in [2.24, 2.45) is 5.92 Å². The number of likely N-dealkylation sites (N-methyl/N-ethyl adjacent to an activating group) is 1. The first-order valence-corrected chi connectivity index (χ1v) is 13.5. The highest BCUT2D eigenvalue weighted by Crippen LogP contribution is 2.34. The summed E-state index contributed by atoms with van der Waals surface area (Å²) in [7, 11) is 3.81. The van der Waals surface area contributed by atoms with Gasteiger partial charge in [-0.05, 0) is 56.7 Å². The Kier molecular flexibility index (Phi) is 7.30. The average Bonchev–Trinajstić information content (AvgIpc) is 3.29. The lowest BCUT2D eigenvalue weighted by Crippen LogP contribution is -2.56. The highest BCUT2D eigenvalue weighted by atomic mass is 16.5. The first-order valence-electron chi connectivity index (χ1n) is 13.5. The van der Waals surface area contributed by atoms with E-state index in [-0.39, 0.29) is 23.9 Å². The number of pyridine rings is 1. The highest BCUT2D eigenvalue weighted by molar-refractivity contribution is 5.92. The largest absolute Gasteiger partial charge is 0.481 e. The van der Waals surface area contributed by atoms with Crippen LogP contribution < -0.4 is 10.1 Å². The second-order valence-electron chi connectivity index (χ2n) is 11.3. The van der Waals surface area contributed by atoms with E-state index in [9.17, 15) is 9.59 Å². The number of aromatic nitrogens is 1. The van der Waals surface area contributed by atoms with E-state index in [0.29, 0.717) is 18.8 Å². The summed E-state index contributed by atoms with van der Waals surface area (Å²) >= 11 is 0. The van der Waals surface area contributed by atoms with Gasteiger partial charge in [-0.1, -0.05) is 19.3 Å². The van der Waals surface area contributed by atoms with E-state index in [2.05, 4.69) is 27.1 Å². The highest BCUT2D eigenvalue weighted by Gasteiger charge is 2.49. The molecule has 1 aliphatic carbocycles. The van der Waals surface area contributed by atoms with Gasteiger partial charge in [0.15, 0.2) is 0 Å². The van der Waals surface area contributed by atoms with Crippen LogP contribution in [0.25, 0.3) is 0 Å². The van der Waals surface area contributed by atoms with Crippen LogP contribution in [-0.2, 0) is 16.1 Å². The summed E-state index contributed by atoms with van der Waals surface area (Å²) in [5.41, 5.74) is 0.756. The third-order valence-electron chi connectivity index (χ3n) is 8.90. The van der Waals surface area contributed by atoms with Crippen molar-refractivity contribution < 1.29 is 14.3 Å². The van der Waals surface area contributed by atoms with Gasteiger partial charge in [0.05, 0.1) is 19.1 Å². The van der Waals surface area contributed by atoms with Crippen LogP contribution in [0.2, 0.25) is 0 Å².